The first kappa shape index (κ1) is 8.76. The van der Waals surface area contributed by atoms with E-state index in [4.69, 9.17) is 16.7 Å². The van der Waals surface area contributed by atoms with E-state index in [0.717, 1.165) is 0 Å². The third kappa shape index (κ3) is 1.86. The molecule has 9 heavy (non-hydrogen) atoms. The number of halogens is 1. The number of hydrogen-bond acceptors (Lipinski definition) is 1. The number of carbonyl (C=O) groups is 1. The Bertz CT molecular complexity index is 108. The van der Waals surface area contributed by atoms with Gasteiger partial charge in [0.1, 0.15) is 4.87 Å². The molecule has 0 aliphatic carbocycles. The number of aliphatic carboxylic acids is 1. The molecule has 0 aromatic heterocycles. The predicted molar refractivity (Wildman–Crippen MR) is 36.8 cm³/mol. The lowest BCUT2D eigenvalue weighted by molar-refractivity contribution is -0.140. The summed E-state index contributed by atoms with van der Waals surface area (Å²) >= 11 is 5.64. The van der Waals surface area contributed by atoms with Crippen molar-refractivity contribution in [3.05, 3.63) is 0 Å². The molecule has 0 amide bonds. The van der Waals surface area contributed by atoms with Gasteiger partial charge < -0.3 is 5.11 Å². The second-order valence-electron chi connectivity index (χ2n) is 1.98. The molecule has 0 atom stereocenters. The summed E-state index contributed by atoms with van der Waals surface area (Å²) in [4.78, 5) is 9.32. The zero-order valence-corrected chi connectivity index (χ0v) is 6.40. The van der Waals surface area contributed by atoms with Gasteiger partial charge in [0.05, 0.1) is 0 Å². The second-order valence-corrected chi connectivity index (χ2v) is 2.70. The van der Waals surface area contributed by atoms with Crippen LogP contribution in [-0.2, 0) is 4.79 Å². The highest BCUT2D eigenvalue weighted by molar-refractivity contribution is 6.33. The van der Waals surface area contributed by atoms with Gasteiger partial charge in [-0.2, -0.15) is 0 Å². The molecule has 0 heterocycles. The first-order valence-corrected chi connectivity index (χ1v) is 3.37. The number of carboxylic acids is 1. The minimum atomic E-state index is -1.03. The Morgan fingerprint density at radius 2 is 1.89 bits per heavy atom. The van der Waals surface area contributed by atoms with Crippen LogP contribution in [0.15, 0.2) is 0 Å². The van der Waals surface area contributed by atoms with Crippen LogP contribution in [0, 0.1) is 0 Å². The van der Waals surface area contributed by atoms with Gasteiger partial charge in [0.15, 0.2) is 0 Å². The van der Waals surface area contributed by atoms with Gasteiger partial charge in [-0.15, -0.1) is 11.6 Å². The highest BCUT2D eigenvalue weighted by Gasteiger charge is 2.31. The van der Waals surface area contributed by atoms with Crippen LogP contribution in [0.4, 0.5) is 0 Å². The zero-order chi connectivity index (χ0) is 7.49. The number of carboxylic acid groups (broad SMARTS) is 1. The minimum Gasteiger partial charge on any atom is -0.480 e. The van der Waals surface area contributed by atoms with Gasteiger partial charge in [-0.25, -0.2) is 0 Å². The molecule has 0 spiro atoms. The summed E-state index contributed by atoms with van der Waals surface area (Å²) in [5.74, 6) is -0.922. The van der Waals surface area contributed by atoms with Crippen LogP contribution in [0.3, 0.4) is 0 Å². The molecule has 0 bridgehead atoms. The summed E-state index contributed by atoms with van der Waals surface area (Å²) in [6, 6.07) is 0. The van der Waals surface area contributed by atoms with Crippen LogP contribution < -0.4 is 0 Å². The molecular formula is C6H11ClO2. The fraction of sp³-hybridized carbons (Fsp3) is 0.833. The topological polar surface area (TPSA) is 37.3 Å². The average Bonchev–Trinajstić information content (AvgIpc) is 1.86. The highest BCUT2D eigenvalue weighted by atomic mass is 35.5. The lowest BCUT2D eigenvalue weighted by Crippen LogP contribution is -2.30. The largest absolute Gasteiger partial charge is 0.480 e. The molecule has 0 fully saturated rings. The van der Waals surface area contributed by atoms with E-state index in [0.29, 0.717) is 12.8 Å². The molecule has 2 nitrogen and oxygen atoms in total. The van der Waals surface area contributed by atoms with Crippen molar-refractivity contribution in [3.63, 3.8) is 0 Å². The Morgan fingerprint density at radius 1 is 1.56 bits per heavy atom. The van der Waals surface area contributed by atoms with Gasteiger partial charge in [-0.3, -0.25) is 4.79 Å². The molecule has 54 valence electrons. The van der Waals surface area contributed by atoms with Crippen molar-refractivity contribution in [2.45, 2.75) is 31.6 Å². The molecule has 0 aromatic carbocycles. The van der Waals surface area contributed by atoms with Gasteiger partial charge in [-0.1, -0.05) is 13.8 Å². The molecule has 1 N–H and O–H groups in total. The van der Waals surface area contributed by atoms with Gasteiger partial charge >= 0.3 is 5.97 Å². The Morgan fingerprint density at radius 3 is 1.89 bits per heavy atom. The SMILES string of the molecule is CCC(Cl)(CC)C(=O)O. The summed E-state index contributed by atoms with van der Waals surface area (Å²) in [5.41, 5.74) is 0. The van der Waals surface area contributed by atoms with Crippen molar-refractivity contribution in [2.24, 2.45) is 0 Å². The molecule has 0 saturated carbocycles. The molecule has 0 unspecified atom stereocenters. The fourth-order valence-corrected chi connectivity index (χ4v) is 0.552. The number of alkyl halides is 1. The van der Waals surface area contributed by atoms with E-state index in [1.54, 1.807) is 13.8 Å². The fourth-order valence-electron chi connectivity index (χ4n) is 0.552. The normalized spacial score (nSPS) is 11.4. The molecule has 0 radical (unpaired) electrons. The monoisotopic (exact) mass is 150 g/mol. The Labute approximate surface area is 59.8 Å². The maximum atomic E-state index is 10.4. The molecule has 3 heteroatoms. The van der Waals surface area contributed by atoms with E-state index in [2.05, 4.69) is 0 Å². The van der Waals surface area contributed by atoms with E-state index in [9.17, 15) is 4.79 Å². The summed E-state index contributed by atoms with van der Waals surface area (Å²) in [6.07, 6.45) is 0.945. The molecule has 0 rings (SSSR count). The first-order chi connectivity index (χ1) is 4.06. The summed E-state index contributed by atoms with van der Waals surface area (Å²) in [7, 11) is 0. The molecule has 0 aliphatic rings. The number of hydrogen-bond donors (Lipinski definition) is 1. The standard InChI is InChI=1S/C6H11ClO2/c1-3-6(7,4-2)5(8)9/h3-4H2,1-2H3,(H,8,9). The van der Waals surface area contributed by atoms with Crippen molar-refractivity contribution >= 4 is 17.6 Å². The maximum Gasteiger partial charge on any atom is 0.324 e. The van der Waals surface area contributed by atoms with Crippen molar-refractivity contribution in [1.29, 1.82) is 0 Å². The van der Waals surface area contributed by atoms with E-state index >= 15 is 0 Å². The summed E-state index contributed by atoms with van der Waals surface area (Å²) in [6.45, 7) is 3.54. The van der Waals surface area contributed by atoms with E-state index in [1.807, 2.05) is 0 Å². The molecule has 0 saturated heterocycles. The highest BCUT2D eigenvalue weighted by Crippen LogP contribution is 2.23. The Kier molecular flexibility index (Phi) is 2.98. The molecular weight excluding hydrogens is 140 g/mol. The van der Waals surface area contributed by atoms with E-state index < -0.39 is 10.8 Å². The van der Waals surface area contributed by atoms with Crippen molar-refractivity contribution in [3.8, 4) is 0 Å². The Balaban J connectivity index is 4.09. The van der Waals surface area contributed by atoms with E-state index in [1.165, 1.54) is 0 Å². The van der Waals surface area contributed by atoms with Crippen LogP contribution in [0.25, 0.3) is 0 Å². The Hall–Kier alpha value is -0.240. The minimum absolute atomic E-state index is 0.473. The van der Waals surface area contributed by atoms with E-state index in [-0.39, 0.29) is 0 Å². The number of rotatable bonds is 3. The van der Waals surface area contributed by atoms with Gasteiger partial charge in [0.25, 0.3) is 0 Å². The van der Waals surface area contributed by atoms with Crippen LogP contribution >= 0.6 is 11.6 Å². The third-order valence-electron chi connectivity index (χ3n) is 1.50. The second kappa shape index (κ2) is 3.06. The first-order valence-electron chi connectivity index (χ1n) is 2.99. The van der Waals surface area contributed by atoms with Gasteiger partial charge in [0.2, 0.25) is 0 Å². The molecule has 0 aromatic rings. The predicted octanol–water partition coefficient (Wildman–Crippen LogP) is 1.87. The van der Waals surface area contributed by atoms with Gasteiger partial charge in [-0.05, 0) is 12.8 Å². The quantitative estimate of drug-likeness (QED) is 0.624. The van der Waals surface area contributed by atoms with Crippen LogP contribution in [-0.4, -0.2) is 16.0 Å². The van der Waals surface area contributed by atoms with Crippen LogP contribution in [0.1, 0.15) is 26.7 Å². The van der Waals surface area contributed by atoms with Crippen molar-refractivity contribution < 1.29 is 9.90 Å². The lowest BCUT2D eigenvalue weighted by Gasteiger charge is -2.16. The lowest BCUT2D eigenvalue weighted by atomic mass is 10.0. The average molecular weight is 151 g/mol. The zero-order valence-electron chi connectivity index (χ0n) is 5.65. The summed E-state index contributed by atoms with van der Waals surface area (Å²) < 4.78 is 0. The third-order valence-corrected chi connectivity index (χ3v) is 2.20. The van der Waals surface area contributed by atoms with Crippen LogP contribution in [0.5, 0.6) is 0 Å². The maximum absolute atomic E-state index is 10.4. The van der Waals surface area contributed by atoms with Gasteiger partial charge in [0, 0.05) is 0 Å². The van der Waals surface area contributed by atoms with Crippen molar-refractivity contribution in [1.82, 2.24) is 0 Å². The smallest absolute Gasteiger partial charge is 0.324 e. The van der Waals surface area contributed by atoms with Crippen molar-refractivity contribution in [2.75, 3.05) is 0 Å². The summed E-state index contributed by atoms with van der Waals surface area (Å²) in [5, 5.41) is 8.50. The molecule has 0 aliphatic heterocycles. The van der Waals surface area contributed by atoms with Crippen LogP contribution in [0.2, 0.25) is 0 Å².